The molecule has 19 heavy (non-hydrogen) atoms. The molecule has 0 saturated heterocycles. The number of nitrogens with zero attached hydrogens (tertiary/aromatic N) is 2. The maximum atomic E-state index is 11.9. The van der Waals surface area contributed by atoms with E-state index in [1.807, 2.05) is 0 Å². The highest BCUT2D eigenvalue weighted by molar-refractivity contribution is 6.03. The number of carbonyl (C=O) groups is 2. The Morgan fingerprint density at radius 2 is 2.00 bits per heavy atom. The molecule has 0 atom stereocenters. The molecule has 0 spiro atoms. The van der Waals surface area contributed by atoms with Crippen LogP contribution in [0.25, 0.3) is 0 Å². The van der Waals surface area contributed by atoms with E-state index in [2.05, 4.69) is 15.3 Å². The summed E-state index contributed by atoms with van der Waals surface area (Å²) in [5.74, 6) is -0.944. The molecular weight excluding hydrogens is 244 g/mol. The second-order valence-corrected chi connectivity index (χ2v) is 3.94. The van der Waals surface area contributed by atoms with Crippen LogP contribution in [-0.4, -0.2) is 21.8 Å². The van der Waals surface area contributed by atoms with Gasteiger partial charge in [-0.05, 0) is 25.1 Å². The smallest absolute Gasteiger partial charge is 0.275 e. The number of hydrogen-bond acceptors (Lipinski definition) is 4. The van der Waals surface area contributed by atoms with Crippen molar-refractivity contribution in [2.75, 3.05) is 5.32 Å². The van der Waals surface area contributed by atoms with E-state index in [0.717, 1.165) is 5.69 Å². The number of aryl methyl sites for hydroxylation is 1. The van der Waals surface area contributed by atoms with Gasteiger partial charge >= 0.3 is 0 Å². The SMILES string of the molecule is Cc1cnc(C(=O)Nc2cccc(C(N)=O)c2)cn1. The average molecular weight is 256 g/mol. The Labute approximate surface area is 109 Å². The van der Waals surface area contributed by atoms with Crippen LogP contribution in [0.5, 0.6) is 0 Å². The zero-order valence-electron chi connectivity index (χ0n) is 10.3. The van der Waals surface area contributed by atoms with Gasteiger partial charge in [0.15, 0.2) is 0 Å². The molecule has 0 unspecified atom stereocenters. The van der Waals surface area contributed by atoms with Crippen LogP contribution in [0.1, 0.15) is 26.5 Å². The number of amides is 2. The van der Waals surface area contributed by atoms with Crippen molar-refractivity contribution in [3.63, 3.8) is 0 Å². The van der Waals surface area contributed by atoms with Crippen LogP contribution < -0.4 is 11.1 Å². The van der Waals surface area contributed by atoms with Crippen LogP contribution in [0.2, 0.25) is 0 Å². The lowest BCUT2D eigenvalue weighted by molar-refractivity contribution is 0.0995. The number of benzene rings is 1. The summed E-state index contributed by atoms with van der Waals surface area (Å²) in [7, 11) is 0. The molecule has 0 bridgehead atoms. The van der Waals surface area contributed by atoms with Crippen molar-refractivity contribution in [2.24, 2.45) is 5.73 Å². The highest BCUT2D eigenvalue weighted by Crippen LogP contribution is 2.11. The van der Waals surface area contributed by atoms with Crippen LogP contribution in [0.3, 0.4) is 0 Å². The van der Waals surface area contributed by atoms with Crippen molar-refractivity contribution >= 4 is 17.5 Å². The van der Waals surface area contributed by atoms with Gasteiger partial charge in [0.05, 0.1) is 11.9 Å². The van der Waals surface area contributed by atoms with E-state index in [0.29, 0.717) is 11.3 Å². The number of primary amides is 1. The van der Waals surface area contributed by atoms with E-state index in [1.54, 1.807) is 25.1 Å². The third-order valence-electron chi connectivity index (χ3n) is 2.42. The fraction of sp³-hybridized carbons (Fsp3) is 0.0769. The van der Waals surface area contributed by atoms with Gasteiger partial charge in [0.1, 0.15) is 5.69 Å². The zero-order valence-corrected chi connectivity index (χ0v) is 10.3. The lowest BCUT2D eigenvalue weighted by Gasteiger charge is -2.05. The van der Waals surface area contributed by atoms with Crippen molar-refractivity contribution in [1.29, 1.82) is 0 Å². The molecular formula is C13H12N4O2. The number of aromatic nitrogens is 2. The molecule has 3 N–H and O–H groups in total. The van der Waals surface area contributed by atoms with Gasteiger partial charge in [-0.2, -0.15) is 0 Å². The second-order valence-electron chi connectivity index (χ2n) is 3.94. The summed E-state index contributed by atoms with van der Waals surface area (Å²) in [6.45, 7) is 1.78. The fourth-order valence-electron chi connectivity index (χ4n) is 1.46. The van der Waals surface area contributed by atoms with Gasteiger partial charge in [0.2, 0.25) is 5.91 Å². The summed E-state index contributed by atoms with van der Waals surface area (Å²) in [4.78, 5) is 30.9. The monoisotopic (exact) mass is 256 g/mol. The van der Waals surface area contributed by atoms with E-state index in [9.17, 15) is 9.59 Å². The minimum absolute atomic E-state index is 0.204. The van der Waals surface area contributed by atoms with Gasteiger partial charge in [-0.1, -0.05) is 6.07 Å². The molecule has 2 amide bonds. The van der Waals surface area contributed by atoms with Crippen molar-refractivity contribution in [2.45, 2.75) is 6.92 Å². The van der Waals surface area contributed by atoms with Crippen molar-refractivity contribution in [1.82, 2.24) is 9.97 Å². The molecule has 0 aliphatic heterocycles. The lowest BCUT2D eigenvalue weighted by atomic mass is 10.2. The molecule has 1 heterocycles. The van der Waals surface area contributed by atoms with E-state index < -0.39 is 11.8 Å². The summed E-state index contributed by atoms with van der Waals surface area (Å²) in [6, 6.07) is 6.37. The van der Waals surface area contributed by atoms with Crippen molar-refractivity contribution < 1.29 is 9.59 Å². The Morgan fingerprint density at radius 1 is 1.21 bits per heavy atom. The fourth-order valence-corrected chi connectivity index (χ4v) is 1.46. The molecule has 2 rings (SSSR count). The van der Waals surface area contributed by atoms with Gasteiger partial charge in [-0.3, -0.25) is 14.6 Å². The molecule has 0 saturated carbocycles. The molecule has 1 aromatic carbocycles. The maximum Gasteiger partial charge on any atom is 0.275 e. The van der Waals surface area contributed by atoms with Gasteiger partial charge in [-0.25, -0.2) is 4.98 Å². The van der Waals surface area contributed by atoms with E-state index in [1.165, 1.54) is 18.5 Å². The first kappa shape index (κ1) is 12.7. The molecule has 0 aliphatic rings. The standard InChI is InChI=1S/C13H12N4O2/c1-8-6-16-11(7-15-8)13(19)17-10-4-2-3-9(5-10)12(14)18/h2-7H,1H3,(H2,14,18)(H,17,19). The summed E-state index contributed by atoms with van der Waals surface area (Å²) in [5, 5.41) is 2.62. The van der Waals surface area contributed by atoms with Crippen molar-refractivity contribution in [3.05, 3.63) is 53.6 Å². The van der Waals surface area contributed by atoms with Gasteiger partial charge < -0.3 is 11.1 Å². The van der Waals surface area contributed by atoms with Crippen LogP contribution in [0.15, 0.2) is 36.7 Å². The third kappa shape index (κ3) is 3.12. The summed E-state index contributed by atoms with van der Waals surface area (Å²) in [6.07, 6.45) is 2.90. The first-order valence-corrected chi connectivity index (χ1v) is 5.56. The minimum atomic E-state index is -0.550. The number of nitrogens with one attached hydrogen (secondary N) is 1. The second kappa shape index (κ2) is 5.26. The summed E-state index contributed by atoms with van der Waals surface area (Å²) in [5.41, 5.74) is 6.90. The minimum Gasteiger partial charge on any atom is -0.366 e. The van der Waals surface area contributed by atoms with Crippen LogP contribution in [0, 0.1) is 6.92 Å². The van der Waals surface area contributed by atoms with Crippen LogP contribution in [0.4, 0.5) is 5.69 Å². The quantitative estimate of drug-likeness (QED) is 0.860. The van der Waals surface area contributed by atoms with Crippen LogP contribution >= 0.6 is 0 Å². The molecule has 6 heteroatoms. The molecule has 0 radical (unpaired) electrons. The number of anilines is 1. The summed E-state index contributed by atoms with van der Waals surface area (Å²) < 4.78 is 0. The number of hydrogen-bond donors (Lipinski definition) is 2. The molecule has 0 fully saturated rings. The van der Waals surface area contributed by atoms with Crippen LogP contribution in [-0.2, 0) is 0 Å². The lowest BCUT2D eigenvalue weighted by Crippen LogP contribution is -2.15. The van der Waals surface area contributed by atoms with E-state index >= 15 is 0 Å². The predicted octanol–water partition coefficient (Wildman–Crippen LogP) is 1.14. The number of nitrogens with two attached hydrogens (primary N) is 1. The van der Waals surface area contributed by atoms with E-state index in [-0.39, 0.29) is 5.69 Å². The molecule has 0 aliphatic carbocycles. The highest BCUT2D eigenvalue weighted by atomic mass is 16.2. The summed E-state index contributed by atoms with van der Waals surface area (Å²) >= 11 is 0. The predicted molar refractivity (Wildman–Crippen MR) is 69.7 cm³/mol. The number of carbonyl (C=O) groups excluding carboxylic acids is 2. The molecule has 2 aromatic rings. The Balaban J connectivity index is 2.17. The highest BCUT2D eigenvalue weighted by Gasteiger charge is 2.09. The normalized spacial score (nSPS) is 9.95. The van der Waals surface area contributed by atoms with Gasteiger partial charge in [-0.15, -0.1) is 0 Å². The largest absolute Gasteiger partial charge is 0.366 e. The molecule has 1 aromatic heterocycles. The number of rotatable bonds is 3. The van der Waals surface area contributed by atoms with Gasteiger partial charge in [0.25, 0.3) is 5.91 Å². The Morgan fingerprint density at radius 3 is 2.63 bits per heavy atom. The topological polar surface area (TPSA) is 98.0 Å². The molecule has 6 nitrogen and oxygen atoms in total. The zero-order chi connectivity index (χ0) is 13.8. The van der Waals surface area contributed by atoms with E-state index in [4.69, 9.17) is 5.73 Å². The van der Waals surface area contributed by atoms with Crippen molar-refractivity contribution in [3.8, 4) is 0 Å². The Kier molecular flexibility index (Phi) is 3.51. The average Bonchev–Trinajstić information content (AvgIpc) is 2.39. The third-order valence-corrected chi connectivity index (χ3v) is 2.42. The van der Waals surface area contributed by atoms with Gasteiger partial charge in [0, 0.05) is 17.4 Å². The first-order valence-electron chi connectivity index (χ1n) is 5.56. The molecule has 96 valence electrons. The Bertz CT molecular complexity index is 623. The first-order chi connectivity index (χ1) is 9.06. The Hall–Kier alpha value is -2.76. The maximum absolute atomic E-state index is 11.9.